The largest absolute Gasteiger partial charge is 0.478 e. The van der Waals surface area contributed by atoms with Crippen molar-refractivity contribution >= 4 is 5.97 Å². The van der Waals surface area contributed by atoms with Crippen molar-refractivity contribution in [2.45, 2.75) is 6.92 Å². The van der Waals surface area contributed by atoms with Crippen molar-refractivity contribution in [2.75, 3.05) is 13.6 Å². The SMILES string of the molecule is CNCC#Cc1ccc(C)cc1C(=O)O. The molecule has 1 rings (SSSR count). The van der Waals surface area contributed by atoms with Gasteiger partial charge < -0.3 is 10.4 Å². The van der Waals surface area contributed by atoms with E-state index in [4.69, 9.17) is 5.11 Å². The Morgan fingerprint density at radius 1 is 1.53 bits per heavy atom. The number of carboxylic acids is 1. The Bertz CT molecular complexity index is 427. The van der Waals surface area contributed by atoms with Gasteiger partial charge in [-0.25, -0.2) is 4.79 Å². The van der Waals surface area contributed by atoms with Crippen molar-refractivity contribution in [3.63, 3.8) is 0 Å². The minimum Gasteiger partial charge on any atom is -0.478 e. The van der Waals surface area contributed by atoms with E-state index in [1.54, 1.807) is 19.2 Å². The maximum absolute atomic E-state index is 10.9. The Morgan fingerprint density at radius 2 is 2.27 bits per heavy atom. The first-order chi connectivity index (χ1) is 7.15. The maximum atomic E-state index is 10.9. The molecule has 3 heteroatoms. The van der Waals surface area contributed by atoms with Crippen LogP contribution in [-0.2, 0) is 0 Å². The molecule has 0 fully saturated rings. The zero-order valence-corrected chi connectivity index (χ0v) is 8.79. The van der Waals surface area contributed by atoms with Gasteiger partial charge >= 0.3 is 5.97 Å². The fourth-order valence-corrected chi connectivity index (χ4v) is 1.17. The molecule has 0 amide bonds. The number of hydrogen-bond acceptors (Lipinski definition) is 2. The van der Waals surface area contributed by atoms with E-state index in [9.17, 15) is 4.79 Å². The lowest BCUT2D eigenvalue weighted by Gasteiger charge is -2.00. The molecule has 0 saturated carbocycles. The molecule has 1 aromatic rings. The van der Waals surface area contributed by atoms with Crippen molar-refractivity contribution in [1.82, 2.24) is 5.32 Å². The molecule has 78 valence electrons. The summed E-state index contributed by atoms with van der Waals surface area (Å²) in [7, 11) is 1.79. The molecule has 0 heterocycles. The number of benzene rings is 1. The standard InChI is InChI=1S/C12H13NO2/c1-9-5-6-10(4-3-7-13-2)11(8-9)12(14)15/h5-6,8,13H,7H2,1-2H3,(H,14,15). The number of carbonyl (C=O) groups is 1. The molecule has 15 heavy (non-hydrogen) atoms. The molecule has 2 N–H and O–H groups in total. The van der Waals surface area contributed by atoms with E-state index in [0.717, 1.165) is 5.56 Å². The van der Waals surface area contributed by atoms with Gasteiger partial charge in [0.1, 0.15) is 0 Å². The second-order valence-corrected chi connectivity index (χ2v) is 3.19. The van der Waals surface area contributed by atoms with E-state index in [0.29, 0.717) is 12.1 Å². The van der Waals surface area contributed by atoms with Crippen molar-refractivity contribution in [3.8, 4) is 11.8 Å². The van der Waals surface area contributed by atoms with E-state index in [1.807, 2.05) is 13.0 Å². The summed E-state index contributed by atoms with van der Waals surface area (Å²) in [5.74, 6) is 4.73. The minimum atomic E-state index is -0.938. The van der Waals surface area contributed by atoms with Gasteiger partial charge in [-0.2, -0.15) is 0 Å². The van der Waals surface area contributed by atoms with E-state index < -0.39 is 5.97 Å². The van der Waals surface area contributed by atoms with Crippen LogP contribution in [-0.4, -0.2) is 24.7 Å². The molecule has 0 unspecified atom stereocenters. The normalized spacial score (nSPS) is 9.20. The second kappa shape index (κ2) is 5.18. The molecular formula is C12H13NO2. The van der Waals surface area contributed by atoms with Crippen molar-refractivity contribution < 1.29 is 9.90 Å². The number of rotatable bonds is 2. The highest BCUT2D eigenvalue weighted by molar-refractivity contribution is 5.91. The van der Waals surface area contributed by atoms with Gasteiger partial charge in [0.15, 0.2) is 0 Å². The average Bonchev–Trinajstić information content (AvgIpc) is 2.20. The third-order valence-corrected chi connectivity index (χ3v) is 1.89. The van der Waals surface area contributed by atoms with Crippen LogP contribution in [0.5, 0.6) is 0 Å². The fraction of sp³-hybridized carbons (Fsp3) is 0.250. The zero-order valence-electron chi connectivity index (χ0n) is 8.79. The first-order valence-corrected chi connectivity index (χ1v) is 4.62. The van der Waals surface area contributed by atoms with Gasteiger partial charge in [0, 0.05) is 5.56 Å². The van der Waals surface area contributed by atoms with Crippen LogP contribution in [0, 0.1) is 18.8 Å². The van der Waals surface area contributed by atoms with Gasteiger partial charge in [-0.1, -0.05) is 23.5 Å². The van der Waals surface area contributed by atoms with Crippen molar-refractivity contribution in [3.05, 3.63) is 34.9 Å². The summed E-state index contributed by atoms with van der Waals surface area (Å²) in [5.41, 5.74) is 1.74. The second-order valence-electron chi connectivity index (χ2n) is 3.19. The van der Waals surface area contributed by atoms with Crippen LogP contribution in [0.4, 0.5) is 0 Å². The third kappa shape index (κ3) is 3.12. The minimum absolute atomic E-state index is 0.263. The highest BCUT2D eigenvalue weighted by Gasteiger charge is 2.07. The van der Waals surface area contributed by atoms with Crippen LogP contribution >= 0.6 is 0 Å². The Labute approximate surface area is 89.1 Å². The Balaban J connectivity index is 3.08. The summed E-state index contributed by atoms with van der Waals surface area (Å²) in [6.07, 6.45) is 0. The zero-order chi connectivity index (χ0) is 11.3. The number of nitrogens with one attached hydrogen (secondary N) is 1. The summed E-state index contributed by atoms with van der Waals surface area (Å²) in [4.78, 5) is 10.9. The Hall–Kier alpha value is -1.79. The lowest BCUT2D eigenvalue weighted by molar-refractivity contribution is 0.0696. The molecule has 0 bridgehead atoms. The van der Waals surface area contributed by atoms with Crippen LogP contribution in [0.15, 0.2) is 18.2 Å². The molecule has 0 aliphatic rings. The lowest BCUT2D eigenvalue weighted by Crippen LogP contribution is -2.05. The molecule has 0 saturated heterocycles. The lowest BCUT2D eigenvalue weighted by atomic mass is 10.1. The highest BCUT2D eigenvalue weighted by Crippen LogP contribution is 2.10. The van der Waals surface area contributed by atoms with Gasteiger partial charge in [-0.3, -0.25) is 0 Å². The Kier molecular flexibility index (Phi) is 3.90. The topological polar surface area (TPSA) is 49.3 Å². The summed E-state index contributed by atoms with van der Waals surface area (Å²) in [6, 6.07) is 5.23. The summed E-state index contributed by atoms with van der Waals surface area (Å²) >= 11 is 0. The van der Waals surface area contributed by atoms with Crippen molar-refractivity contribution in [2.24, 2.45) is 0 Å². The first-order valence-electron chi connectivity index (χ1n) is 4.62. The average molecular weight is 203 g/mol. The summed E-state index contributed by atoms with van der Waals surface area (Å²) in [5, 5.41) is 11.8. The van der Waals surface area contributed by atoms with Crippen LogP contribution in [0.1, 0.15) is 21.5 Å². The molecule has 3 nitrogen and oxygen atoms in total. The van der Waals surface area contributed by atoms with Crippen LogP contribution in [0.25, 0.3) is 0 Å². The van der Waals surface area contributed by atoms with E-state index in [2.05, 4.69) is 17.2 Å². The van der Waals surface area contributed by atoms with Crippen LogP contribution in [0.2, 0.25) is 0 Å². The molecule has 0 spiro atoms. The predicted octanol–water partition coefficient (Wildman–Crippen LogP) is 1.26. The smallest absolute Gasteiger partial charge is 0.336 e. The number of carboxylic acid groups (broad SMARTS) is 1. The maximum Gasteiger partial charge on any atom is 0.336 e. The number of hydrogen-bond donors (Lipinski definition) is 2. The fourth-order valence-electron chi connectivity index (χ4n) is 1.17. The molecule has 0 aliphatic heterocycles. The Morgan fingerprint density at radius 3 is 2.87 bits per heavy atom. The predicted molar refractivity (Wildman–Crippen MR) is 58.9 cm³/mol. The van der Waals surface area contributed by atoms with Gasteiger partial charge in [0.05, 0.1) is 12.1 Å². The molecular weight excluding hydrogens is 190 g/mol. The van der Waals surface area contributed by atoms with Crippen LogP contribution < -0.4 is 5.32 Å². The van der Waals surface area contributed by atoms with E-state index in [1.165, 1.54) is 0 Å². The van der Waals surface area contributed by atoms with Gasteiger partial charge in [0.25, 0.3) is 0 Å². The monoisotopic (exact) mass is 203 g/mol. The quantitative estimate of drug-likeness (QED) is 0.711. The molecule has 1 aromatic carbocycles. The van der Waals surface area contributed by atoms with E-state index >= 15 is 0 Å². The molecule has 0 atom stereocenters. The number of aromatic carboxylic acids is 1. The summed E-state index contributed by atoms with van der Waals surface area (Å²) in [6.45, 7) is 2.41. The first kappa shape index (κ1) is 11.3. The molecule has 0 aromatic heterocycles. The van der Waals surface area contributed by atoms with Gasteiger partial charge in [-0.05, 0) is 26.1 Å². The summed E-state index contributed by atoms with van der Waals surface area (Å²) < 4.78 is 0. The third-order valence-electron chi connectivity index (χ3n) is 1.89. The number of aryl methyl sites for hydroxylation is 1. The highest BCUT2D eigenvalue weighted by atomic mass is 16.4. The van der Waals surface area contributed by atoms with E-state index in [-0.39, 0.29) is 5.56 Å². The van der Waals surface area contributed by atoms with Gasteiger partial charge in [-0.15, -0.1) is 0 Å². The molecule has 0 aliphatic carbocycles. The molecule has 0 radical (unpaired) electrons. The van der Waals surface area contributed by atoms with Crippen LogP contribution in [0.3, 0.4) is 0 Å². The van der Waals surface area contributed by atoms with Crippen molar-refractivity contribution in [1.29, 1.82) is 0 Å². The van der Waals surface area contributed by atoms with Gasteiger partial charge in [0.2, 0.25) is 0 Å².